The maximum atomic E-state index is 13.0. The van der Waals surface area contributed by atoms with E-state index in [2.05, 4.69) is 4.74 Å². The van der Waals surface area contributed by atoms with E-state index in [1.807, 2.05) is 0 Å². The van der Waals surface area contributed by atoms with Crippen LogP contribution in [0.2, 0.25) is 0 Å². The molecule has 8 heteroatoms. The van der Waals surface area contributed by atoms with E-state index < -0.39 is 23.1 Å². The van der Waals surface area contributed by atoms with Gasteiger partial charge in [-0.1, -0.05) is 12.1 Å². The number of anilines is 1. The minimum Gasteiger partial charge on any atom is -0.465 e. The van der Waals surface area contributed by atoms with Gasteiger partial charge in [0.05, 0.1) is 24.0 Å². The zero-order valence-corrected chi connectivity index (χ0v) is 14.4. The normalized spacial score (nSPS) is 17.5. The summed E-state index contributed by atoms with van der Waals surface area (Å²) in [6.07, 6.45) is -4.45. The predicted octanol–water partition coefficient (Wildman–Crippen LogP) is 4.27. The maximum Gasteiger partial charge on any atom is 0.416 e. The van der Waals surface area contributed by atoms with Gasteiger partial charge in [-0.2, -0.15) is 13.2 Å². The smallest absolute Gasteiger partial charge is 0.416 e. The molecule has 1 fully saturated rings. The van der Waals surface area contributed by atoms with Crippen molar-refractivity contribution >= 4 is 29.3 Å². The number of methoxy groups -OCH3 is 1. The van der Waals surface area contributed by atoms with Gasteiger partial charge in [0.2, 0.25) is 5.91 Å². The molecule has 1 aliphatic heterocycles. The van der Waals surface area contributed by atoms with Crippen LogP contribution in [0.3, 0.4) is 0 Å². The molecule has 2 aromatic rings. The van der Waals surface area contributed by atoms with Crippen LogP contribution in [0.15, 0.2) is 48.5 Å². The van der Waals surface area contributed by atoms with Crippen LogP contribution < -0.4 is 4.90 Å². The largest absolute Gasteiger partial charge is 0.465 e. The lowest BCUT2D eigenvalue weighted by Crippen LogP contribution is -2.28. The van der Waals surface area contributed by atoms with Crippen LogP contribution >= 0.6 is 11.8 Å². The summed E-state index contributed by atoms with van der Waals surface area (Å²) >= 11 is 1.26. The van der Waals surface area contributed by atoms with Crippen LogP contribution in [0.1, 0.15) is 26.9 Å². The molecule has 26 heavy (non-hydrogen) atoms. The standard InChI is InChI=1S/C18H14F3NO3S/c1-25-17(24)11-5-7-14(8-6-11)22-15(23)10-26-16(22)12-3-2-4-13(9-12)18(19,20)21/h2-9,16H,10H2,1H3. The zero-order valence-electron chi connectivity index (χ0n) is 13.6. The van der Waals surface area contributed by atoms with E-state index in [-0.39, 0.29) is 11.7 Å². The lowest BCUT2D eigenvalue weighted by Gasteiger charge is -2.25. The van der Waals surface area contributed by atoms with Crippen molar-refractivity contribution in [2.24, 2.45) is 0 Å². The fourth-order valence-corrected chi connectivity index (χ4v) is 3.86. The fraction of sp³-hybridized carbons (Fsp3) is 0.222. The maximum absolute atomic E-state index is 13.0. The molecular weight excluding hydrogens is 367 g/mol. The highest BCUT2D eigenvalue weighted by Gasteiger charge is 2.36. The number of hydrogen-bond acceptors (Lipinski definition) is 4. The summed E-state index contributed by atoms with van der Waals surface area (Å²) in [6, 6.07) is 11.2. The Morgan fingerprint density at radius 3 is 2.50 bits per heavy atom. The molecule has 0 aromatic heterocycles. The van der Waals surface area contributed by atoms with Gasteiger partial charge in [0, 0.05) is 5.69 Å². The number of carbonyl (C=O) groups is 2. The first kappa shape index (κ1) is 18.3. The average Bonchev–Trinajstić information content (AvgIpc) is 3.02. The second kappa shape index (κ2) is 7.03. The number of amides is 1. The summed E-state index contributed by atoms with van der Waals surface area (Å²) < 4.78 is 43.6. The van der Waals surface area contributed by atoms with Gasteiger partial charge in [-0.3, -0.25) is 9.69 Å². The van der Waals surface area contributed by atoms with Crippen LogP contribution in [0.25, 0.3) is 0 Å². The Morgan fingerprint density at radius 2 is 1.88 bits per heavy atom. The van der Waals surface area contributed by atoms with Crippen LogP contribution in [0.5, 0.6) is 0 Å². The van der Waals surface area contributed by atoms with Gasteiger partial charge >= 0.3 is 12.1 Å². The van der Waals surface area contributed by atoms with Crippen molar-refractivity contribution in [2.75, 3.05) is 17.8 Å². The highest BCUT2D eigenvalue weighted by Crippen LogP contribution is 2.43. The van der Waals surface area contributed by atoms with Crippen LogP contribution in [-0.2, 0) is 15.7 Å². The summed E-state index contributed by atoms with van der Waals surface area (Å²) in [5.41, 5.74) is 0.477. The number of thioether (sulfide) groups is 1. The Morgan fingerprint density at radius 1 is 1.19 bits per heavy atom. The number of ether oxygens (including phenoxy) is 1. The van der Waals surface area contributed by atoms with E-state index in [1.54, 1.807) is 18.2 Å². The highest BCUT2D eigenvalue weighted by molar-refractivity contribution is 8.00. The Labute approximate surface area is 151 Å². The van der Waals surface area contributed by atoms with Gasteiger partial charge in [0.15, 0.2) is 0 Å². The van der Waals surface area contributed by atoms with E-state index in [4.69, 9.17) is 0 Å². The lowest BCUT2D eigenvalue weighted by molar-refractivity contribution is -0.137. The van der Waals surface area contributed by atoms with Gasteiger partial charge in [-0.25, -0.2) is 4.79 Å². The second-order valence-electron chi connectivity index (χ2n) is 5.59. The molecular formula is C18H14F3NO3S. The van der Waals surface area contributed by atoms with Gasteiger partial charge in [0.1, 0.15) is 5.37 Å². The number of nitrogens with zero attached hydrogens (tertiary/aromatic N) is 1. The Balaban J connectivity index is 1.94. The van der Waals surface area contributed by atoms with Gasteiger partial charge in [-0.05, 0) is 42.0 Å². The lowest BCUT2D eigenvalue weighted by atomic mass is 10.1. The molecule has 1 saturated heterocycles. The number of halogens is 3. The molecule has 3 rings (SSSR count). The third-order valence-corrected chi connectivity index (χ3v) is 5.15. The van der Waals surface area contributed by atoms with Crippen molar-refractivity contribution in [3.8, 4) is 0 Å². The van der Waals surface area contributed by atoms with Crippen molar-refractivity contribution in [1.29, 1.82) is 0 Å². The summed E-state index contributed by atoms with van der Waals surface area (Å²) in [5, 5.41) is -0.561. The molecule has 0 bridgehead atoms. The SMILES string of the molecule is COC(=O)c1ccc(N2C(=O)CSC2c2cccc(C(F)(F)F)c2)cc1. The Bertz CT molecular complexity index is 836. The number of hydrogen-bond donors (Lipinski definition) is 0. The third kappa shape index (κ3) is 3.55. The van der Waals surface area contributed by atoms with Gasteiger partial charge in [0.25, 0.3) is 0 Å². The fourth-order valence-electron chi connectivity index (χ4n) is 2.69. The molecule has 0 N–H and O–H groups in total. The molecule has 4 nitrogen and oxygen atoms in total. The molecule has 0 radical (unpaired) electrons. The molecule has 2 aromatic carbocycles. The van der Waals surface area contributed by atoms with E-state index in [0.717, 1.165) is 12.1 Å². The highest BCUT2D eigenvalue weighted by atomic mass is 32.2. The van der Waals surface area contributed by atoms with Crippen molar-refractivity contribution in [3.63, 3.8) is 0 Å². The van der Waals surface area contributed by atoms with Crippen LogP contribution in [-0.4, -0.2) is 24.7 Å². The van der Waals surface area contributed by atoms with E-state index in [1.165, 1.54) is 42.0 Å². The average molecular weight is 381 g/mol. The number of esters is 1. The number of rotatable bonds is 3. The molecule has 0 aliphatic carbocycles. The summed E-state index contributed by atoms with van der Waals surface area (Å²) in [6.45, 7) is 0. The molecule has 0 saturated carbocycles. The molecule has 0 spiro atoms. The monoisotopic (exact) mass is 381 g/mol. The van der Waals surface area contributed by atoms with Crippen molar-refractivity contribution in [2.45, 2.75) is 11.6 Å². The van der Waals surface area contributed by atoms with E-state index in [0.29, 0.717) is 16.8 Å². The second-order valence-corrected chi connectivity index (χ2v) is 6.66. The predicted molar refractivity (Wildman–Crippen MR) is 91.9 cm³/mol. The van der Waals surface area contributed by atoms with Gasteiger partial charge in [-0.15, -0.1) is 11.8 Å². The topological polar surface area (TPSA) is 46.6 Å². The van der Waals surface area contributed by atoms with Crippen LogP contribution in [0.4, 0.5) is 18.9 Å². The number of carbonyl (C=O) groups excluding carboxylic acids is 2. The van der Waals surface area contributed by atoms with Crippen molar-refractivity contribution in [3.05, 3.63) is 65.2 Å². The minimum atomic E-state index is -4.45. The zero-order chi connectivity index (χ0) is 18.9. The molecule has 1 amide bonds. The summed E-state index contributed by atoms with van der Waals surface area (Å²) in [7, 11) is 1.26. The Kier molecular flexibility index (Phi) is 4.95. The minimum absolute atomic E-state index is 0.166. The first-order valence-corrected chi connectivity index (χ1v) is 8.65. The van der Waals surface area contributed by atoms with Crippen molar-refractivity contribution < 1.29 is 27.5 Å². The first-order chi connectivity index (χ1) is 12.3. The molecule has 1 unspecified atom stereocenters. The quantitative estimate of drug-likeness (QED) is 0.745. The molecule has 1 aliphatic rings. The summed E-state index contributed by atoms with van der Waals surface area (Å²) in [4.78, 5) is 25.3. The Hall–Kier alpha value is -2.48. The first-order valence-electron chi connectivity index (χ1n) is 7.60. The van der Waals surface area contributed by atoms with Crippen LogP contribution in [0, 0.1) is 0 Å². The van der Waals surface area contributed by atoms with Gasteiger partial charge < -0.3 is 4.74 Å². The van der Waals surface area contributed by atoms with E-state index >= 15 is 0 Å². The molecule has 1 atom stereocenters. The number of alkyl halides is 3. The third-order valence-electron chi connectivity index (χ3n) is 3.93. The van der Waals surface area contributed by atoms with E-state index in [9.17, 15) is 22.8 Å². The summed E-state index contributed by atoms with van der Waals surface area (Å²) in [5.74, 6) is -0.545. The van der Waals surface area contributed by atoms with Crippen molar-refractivity contribution in [1.82, 2.24) is 0 Å². The molecule has 136 valence electrons. The number of benzene rings is 2. The molecule has 1 heterocycles.